The molecule has 0 unspecified atom stereocenters. The number of rotatable bonds is 8. The Bertz CT molecular complexity index is 220. The zero-order valence-corrected chi connectivity index (χ0v) is 11.3. The van der Waals surface area contributed by atoms with Gasteiger partial charge in [-0.2, -0.15) is 0 Å². The van der Waals surface area contributed by atoms with Crippen LogP contribution in [0, 0.1) is 0 Å². The van der Waals surface area contributed by atoms with Crippen LogP contribution in [-0.4, -0.2) is 53.7 Å². The van der Waals surface area contributed by atoms with Crippen molar-refractivity contribution in [2.24, 2.45) is 0 Å². The Kier molecular flexibility index (Phi) is 11.8. The Morgan fingerprint density at radius 3 is 2.12 bits per heavy atom. The van der Waals surface area contributed by atoms with E-state index in [0.29, 0.717) is 19.1 Å². The van der Waals surface area contributed by atoms with E-state index >= 15 is 0 Å². The first kappa shape index (κ1) is 18.9. The van der Waals surface area contributed by atoms with Crippen LogP contribution in [0.25, 0.3) is 0 Å². The van der Waals surface area contributed by atoms with Gasteiger partial charge in [0.2, 0.25) is 0 Å². The standard InChI is InChI=1S/C10H20O5Si.H4Si/c1-5-7-10(11)15-8-6-9-16(12-2,13-3)14-4;/h5,7H,6,8-9H2,1-4H3;1H4. The van der Waals surface area contributed by atoms with E-state index in [1.807, 2.05) is 0 Å². The third-order valence-corrected chi connectivity index (χ3v) is 4.94. The van der Waals surface area contributed by atoms with Gasteiger partial charge in [-0.3, -0.25) is 0 Å². The van der Waals surface area contributed by atoms with Gasteiger partial charge in [0.15, 0.2) is 0 Å². The number of ether oxygens (including phenoxy) is 1. The van der Waals surface area contributed by atoms with Crippen LogP contribution in [0.2, 0.25) is 6.04 Å². The third-order valence-electron chi connectivity index (χ3n) is 2.11. The molecule has 17 heavy (non-hydrogen) atoms. The Hall–Kier alpha value is -0.476. The lowest BCUT2D eigenvalue weighted by atomic mass is 10.5. The summed E-state index contributed by atoms with van der Waals surface area (Å²) in [5.74, 6) is -0.331. The molecule has 0 aliphatic heterocycles. The van der Waals surface area contributed by atoms with Crippen molar-refractivity contribution < 1.29 is 22.8 Å². The highest BCUT2D eigenvalue weighted by Crippen LogP contribution is 2.14. The highest BCUT2D eigenvalue weighted by atomic mass is 28.4. The van der Waals surface area contributed by atoms with E-state index < -0.39 is 8.80 Å². The van der Waals surface area contributed by atoms with Crippen molar-refractivity contribution in [3.63, 3.8) is 0 Å². The Morgan fingerprint density at radius 1 is 1.18 bits per heavy atom. The summed E-state index contributed by atoms with van der Waals surface area (Å²) in [6.45, 7) is 2.11. The number of esters is 1. The molecule has 7 heteroatoms. The molecule has 0 heterocycles. The largest absolute Gasteiger partial charge is 0.500 e. The summed E-state index contributed by atoms with van der Waals surface area (Å²) < 4.78 is 20.6. The van der Waals surface area contributed by atoms with Crippen LogP contribution in [0.1, 0.15) is 13.3 Å². The average molecular weight is 280 g/mol. The van der Waals surface area contributed by atoms with E-state index in [2.05, 4.69) is 0 Å². The van der Waals surface area contributed by atoms with E-state index in [1.54, 1.807) is 34.3 Å². The lowest BCUT2D eigenvalue weighted by Crippen LogP contribution is -2.42. The molecule has 0 spiro atoms. The smallest absolute Gasteiger partial charge is 0.463 e. The zero-order chi connectivity index (χ0) is 12.4. The Morgan fingerprint density at radius 2 is 1.71 bits per heavy atom. The fourth-order valence-electron chi connectivity index (χ4n) is 1.20. The highest BCUT2D eigenvalue weighted by Gasteiger charge is 2.36. The molecule has 0 amide bonds. The van der Waals surface area contributed by atoms with E-state index in [1.165, 1.54) is 6.08 Å². The normalized spacial score (nSPS) is 11.3. The summed E-state index contributed by atoms with van der Waals surface area (Å²) in [7, 11) is 2.16. The first-order valence-corrected chi connectivity index (χ1v) is 7.02. The summed E-state index contributed by atoms with van der Waals surface area (Å²) in [5, 5.41) is 0. The van der Waals surface area contributed by atoms with Crippen LogP contribution in [0.5, 0.6) is 0 Å². The predicted octanol–water partition coefficient (Wildman–Crippen LogP) is -0.0777. The monoisotopic (exact) mass is 280 g/mol. The van der Waals surface area contributed by atoms with Crippen molar-refractivity contribution in [1.29, 1.82) is 0 Å². The SMILES string of the molecule is CC=CC(=O)OCCC[Si](OC)(OC)OC.[SiH4]. The second-order valence-electron chi connectivity index (χ2n) is 3.07. The van der Waals surface area contributed by atoms with Crippen LogP contribution in [0.3, 0.4) is 0 Å². The maximum atomic E-state index is 11.0. The molecular weight excluding hydrogens is 256 g/mol. The molecule has 5 nitrogen and oxygen atoms in total. The van der Waals surface area contributed by atoms with Gasteiger partial charge in [-0.1, -0.05) is 6.08 Å². The molecule has 0 saturated carbocycles. The van der Waals surface area contributed by atoms with Gasteiger partial charge >= 0.3 is 14.8 Å². The predicted molar refractivity (Wildman–Crippen MR) is 73.3 cm³/mol. The Balaban J connectivity index is 0. The van der Waals surface area contributed by atoms with Gasteiger partial charge < -0.3 is 18.0 Å². The van der Waals surface area contributed by atoms with Gasteiger partial charge in [0, 0.05) is 33.4 Å². The van der Waals surface area contributed by atoms with Crippen molar-refractivity contribution in [3.05, 3.63) is 12.2 Å². The fourth-order valence-corrected chi connectivity index (χ4v) is 2.89. The van der Waals surface area contributed by atoms with Gasteiger partial charge in [0.25, 0.3) is 0 Å². The first-order chi connectivity index (χ1) is 7.64. The third kappa shape index (κ3) is 7.45. The Labute approximate surface area is 108 Å². The molecule has 0 aromatic heterocycles. The van der Waals surface area contributed by atoms with E-state index in [0.717, 1.165) is 0 Å². The van der Waals surface area contributed by atoms with E-state index in [4.69, 9.17) is 18.0 Å². The van der Waals surface area contributed by atoms with Gasteiger partial charge in [0.05, 0.1) is 6.61 Å². The van der Waals surface area contributed by atoms with Gasteiger partial charge in [-0.05, 0) is 24.3 Å². The lowest BCUT2D eigenvalue weighted by molar-refractivity contribution is -0.137. The van der Waals surface area contributed by atoms with Crippen molar-refractivity contribution in [1.82, 2.24) is 0 Å². The quantitative estimate of drug-likeness (QED) is 0.269. The zero-order valence-electron chi connectivity index (χ0n) is 10.3. The number of carbonyl (C=O) groups is 1. The number of hydrogen-bond donors (Lipinski definition) is 0. The van der Waals surface area contributed by atoms with E-state index in [9.17, 15) is 4.79 Å². The van der Waals surface area contributed by atoms with Gasteiger partial charge in [-0.15, -0.1) is 0 Å². The summed E-state index contributed by atoms with van der Waals surface area (Å²) in [6, 6.07) is 0.625. The molecule has 0 bridgehead atoms. The molecule has 0 aromatic rings. The summed E-state index contributed by atoms with van der Waals surface area (Å²) in [6.07, 6.45) is 3.68. The molecule has 0 radical (unpaired) electrons. The molecule has 0 aliphatic rings. The molecular formula is C10H24O5Si2. The average Bonchev–Trinajstić information content (AvgIpc) is 2.31. The molecule has 0 aromatic carbocycles. The molecule has 0 atom stereocenters. The molecule has 0 aliphatic carbocycles. The highest BCUT2D eigenvalue weighted by molar-refractivity contribution is 6.60. The van der Waals surface area contributed by atoms with E-state index in [-0.39, 0.29) is 16.9 Å². The summed E-state index contributed by atoms with van der Waals surface area (Å²) in [4.78, 5) is 11.0. The second kappa shape index (κ2) is 10.7. The minimum Gasteiger partial charge on any atom is -0.463 e. The second-order valence-corrected chi connectivity index (χ2v) is 6.16. The number of hydrogen-bond acceptors (Lipinski definition) is 5. The van der Waals surface area contributed by atoms with Crippen molar-refractivity contribution in [3.8, 4) is 0 Å². The number of allylic oxidation sites excluding steroid dienone is 1. The van der Waals surface area contributed by atoms with Crippen LogP contribution in [0.15, 0.2) is 12.2 Å². The minimum absolute atomic E-state index is 0. The molecule has 0 N–H and O–H groups in total. The van der Waals surface area contributed by atoms with Gasteiger partial charge in [-0.25, -0.2) is 4.79 Å². The van der Waals surface area contributed by atoms with Crippen LogP contribution in [-0.2, 0) is 22.8 Å². The minimum atomic E-state index is -2.52. The van der Waals surface area contributed by atoms with Crippen LogP contribution >= 0.6 is 0 Å². The van der Waals surface area contributed by atoms with Crippen molar-refractivity contribution in [2.45, 2.75) is 19.4 Å². The fraction of sp³-hybridized carbons (Fsp3) is 0.700. The van der Waals surface area contributed by atoms with Crippen LogP contribution < -0.4 is 0 Å². The topological polar surface area (TPSA) is 54.0 Å². The first-order valence-electron chi connectivity index (χ1n) is 5.09. The number of carbonyl (C=O) groups excluding carboxylic acids is 1. The molecule has 0 fully saturated rings. The maximum Gasteiger partial charge on any atom is 0.500 e. The summed E-state index contributed by atoms with van der Waals surface area (Å²) >= 11 is 0. The van der Waals surface area contributed by atoms with Crippen LogP contribution in [0.4, 0.5) is 0 Å². The lowest BCUT2D eigenvalue weighted by Gasteiger charge is -2.23. The molecule has 0 saturated heterocycles. The van der Waals surface area contributed by atoms with Crippen molar-refractivity contribution in [2.75, 3.05) is 27.9 Å². The molecule has 0 rings (SSSR count). The van der Waals surface area contributed by atoms with Gasteiger partial charge in [0.1, 0.15) is 0 Å². The maximum absolute atomic E-state index is 11.0. The summed E-state index contributed by atoms with van der Waals surface area (Å²) in [5.41, 5.74) is 0. The molecule has 102 valence electrons. The van der Waals surface area contributed by atoms with Crippen molar-refractivity contribution >= 4 is 25.7 Å².